The third-order valence-electron chi connectivity index (χ3n) is 11.4. The van der Waals surface area contributed by atoms with E-state index in [2.05, 4.69) is 26.9 Å². The van der Waals surface area contributed by atoms with Crippen LogP contribution in [0.1, 0.15) is 129 Å². The normalized spacial score (nSPS) is 35.6. The summed E-state index contributed by atoms with van der Waals surface area (Å²) in [4.78, 5) is 0. The summed E-state index contributed by atoms with van der Waals surface area (Å²) in [5.74, 6) is 1.68. The highest BCUT2D eigenvalue weighted by Crippen LogP contribution is 2.59. The molecule has 0 amide bonds. The van der Waals surface area contributed by atoms with E-state index in [9.17, 15) is 0 Å². The first-order chi connectivity index (χ1) is 16.3. The van der Waals surface area contributed by atoms with Gasteiger partial charge in [0.15, 0.2) is 16.6 Å². The fourth-order valence-corrected chi connectivity index (χ4v) is 23.5. The van der Waals surface area contributed by atoms with Gasteiger partial charge in [-0.3, -0.25) is 0 Å². The van der Waals surface area contributed by atoms with Crippen molar-refractivity contribution < 1.29 is 8.85 Å². The van der Waals surface area contributed by atoms with E-state index in [0.29, 0.717) is 6.10 Å². The first kappa shape index (κ1) is 26.0. The molecule has 1 heterocycles. The van der Waals surface area contributed by atoms with Crippen molar-refractivity contribution in [2.75, 3.05) is 0 Å². The van der Waals surface area contributed by atoms with Gasteiger partial charge in [-0.15, -0.1) is 0 Å². The van der Waals surface area contributed by atoms with Crippen LogP contribution in [-0.4, -0.2) is 28.3 Å². The second kappa shape index (κ2) is 10.6. The summed E-state index contributed by atoms with van der Waals surface area (Å²) in [5.41, 5.74) is 3.18. The van der Waals surface area contributed by atoms with Crippen molar-refractivity contribution in [3.05, 3.63) is 0 Å². The molecule has 4 unspecified atom stereocenters. The monoisotopic (exact) mass is 504 g/mol. The van der Waals surface area contributed by atoms with Crippen molar-refractivity contribution in [3.63, 3.8) is 0 Å². The molecule has 0 aromatic carbocycles. The van der Waals surface area contributed by atoms with Gasteiger partial charge in [-0.25, -0.2) is 0 Å². The van der Waals surface area contributed by atoms with Gasteiger partial charge in [0.25, 0.3) is 0 Å². The van der Waals surface area contributed by atoms with Crippen LogP contribution in [0.25, 0.3) is 0 Å². The summed E-state index contributed by atoms with van der Waals surface area (Å²) in [5, 5.41) is 0. The van der Waals surface area contributed by atoms with Crippen LogP contribution in [0.3, 0.4) is 0 Å². The highest BCUT2D eigenvalue weighted by molar-refractivity contribution is 6.88. The van der Waals surface area contributed by atoms with Crippen molar-refractivity contribution in [2.45, 2.75) is 177 Å². The van der Waals surface area contributed by atoms with Crippen LogP contribution < -0.4 is 0 Å². The lowest BCUT2D eigenvalue weighted by Gasteiger charge is -2.55. The minimum absolute atomic E-state index is 0.255. The van der Waals surface area contributed by atoms with E-state index in [1.807, 2.05) is 0 Å². The van der Waals surface area contributed by atoms with Gasteiger partial charge in [0, 0.05) is 0 Å². The molecule has 4 saturated carbocycles. The van der Waals surface area contributed by atoms with Crippen LogP contribution in [0, 0.1) is 11.8 Å². The third kappa shape index (κ3) is 5.46. The van der Waals surface area contributed by atoms with Crippen LogP contribution in [0.15, 0.2) is 0 Å². The van der Waals surface area contributed by atoms with E-state index in [1.54, 1.807) is 0 Å². The van der Waals surface area contributed by atoms with Crippen LogP contribution >= 0.6 is 0 Å². The van der Waals surface area contributed by atoms with E-state index < -0.39 is 16.6 Å². The minimum atomic E-state index is -1.83. The molecule has 34 heavy (non-hydrogen) atoms. The zero-order valence-corrected chi connectivity index (χ0v) is 25.2. The Hall–Kier alpha value is 0.354. The molecule has 1 aliphatic heterocycles. The summed E-state index contributed by atoms with van der Waals surface area (Å²) in [7, 11) is -3.57. The lowest BCUT2D eigenvalue weighted by molar-refractivity contribution is 0.268. The van der Waals surface area contributed by atoms with Crippen LogP contribution in [0.5, 0.6) is 0 Å². The van der Waals surface area contributed by atoms with Gasteiger partial charge in [0.2, 0.25) is 0 Å². The Morgan fingerprint density at radius 2 is 1.24 bits per heavy atom. The minimum Gasteiger partial charge on any atom is -0.455 e. The third-order valence-corrected chi connectivity index (χ3v) is 22.2. The molecular formula is C30H56O2Si2. The molecule has 0 aromatic heterocycles. The predicted molar refractivity (Wildman–Crippen MR) is 149 cm³/mol. The largest absolute Gasteiger partial charge is 0.455 e. The summed E-state index contributed by atoms with van der Waals surface area (Å²) >= 11 is 0. The molecular weight excluding hydrogens is 449 g/mol. The maximum Gasteiger partial charge on any atom is 0.189 e. The predicted octanol–water partition coefficient (Wildman–Crippen LogP) is 9.75. The molecule has 196 valence electrons. The molecule has 0 aromatic rings. The number of epoxide rings is 1. The van der Waals surface area contributed by atoms with Crippen LogP contribution in [0.2, 0.25) is 35.8 Å². The smallest absolute Gasteiger partial charge is 0.189 e. The van der Waals surface area contributed by atoms with Crippen molar-refractivity contribution >= 4 is 16.6 Å². The SMILES string of the molecule is CC(C[Si](C)(C)O[Si](C1CCCCC1)(C1CCCCC1)C1CCCCC1)C1CCC2(C)OC2C1. The Morgan fingerprint density at radius 1 is 0.765 bits per heavy atom. The fraction of sp³-hybridized carbons (Fsp3) is 1.00. The van der Waals surface area contributed by atoms with Crippen molar-refractivity contribution in [3.8, 4) is 0 Å². The maximum atomic E-state index is 8.11. The highest BCUT2D eigenvalue weighted by Gasteiger charge is 2.58. The second-order valence-electron chi connectivity index (χ2n) is 14.4. The number of hydrogen-bond donors (Lipinski definition) is 0. The molecule has 0 spiro atoms. The van der Waals surface area contributed by atoms with Crippen molar-refractivity contribution in [2.24, 2.45) is 11.8 Å². The summed E-state index contributed by atoms with van der Waals surface area (Å²) in [6.07, 6.45) is 27.0. The standard InChI is InChI=1S/C30H56O2Si2/c1-24(25-20-21-30(2)29(22-25)31-30)23-33(3,4)32-34(26-14-8-5-9-15-26,27-16-10-6-11-17-27)28-18-12-7-13-19-28/h24-29H,5-23H2,1-4H3. The van der Waals surface area contributed by atoms with Crippen molar-refractivity contribution in [1.82, 2.24) is 0 Å². The van der Waals surface area contributed by atoms with Gasteiger partial charge in [0.05, 0.1) is 11.7 Å². The van der Waals surface area contributed by atoms with E-state index in [-0.39, 0.29) is 5.60 Å². The van der Waals surface area contributed by atoms with Gasteiger partial charge < -0.3 is 8.85 Å². The van der Waals surface area contributed by atoms with Crippen LogP contribution in [0.4, 0.5) is 0 Å². The number of fused-ring (bicyclic) bond motifs is 1. The molecule has 5 rings (SSSR count). The van der Waals surface area contributed by atoms with Gasteiger partial charge in [-0.05, 0) is 73.8 Å². The molecule has 0 N–H and O–H groups in total. The van der Waals surface area contributed by atoms with Gasteiger partial charge in [-0.1, -0.05) is 103 Å². The molecule has 4 atom stereocenters. The summed E-state index contributed by atoms with van der Waals surface area (Å²) in [6.45, 7) is 10.2. The molecule has 4 heteroatoms. The molecule has 0 radical (unpaired) electrons. The molecule has 2 nitrogen and oxygen atoms in total. The average Bonchev–Trinajstić information content (AvgIpc) is 3.54. The van der Waals surface area contributed by atoms with Gasteiger partial charge in [0.1, 0.15) is 0 Å². The molecule has 1 saturated heterocycles. The Labute approximate surface area is 214 Å². The highest BCUT2D eigenvalue weighted by atomic mass is 28.4. The number of ether oxygens (including phenoxy) is 1. The maximum absolute atomic E-state index is 8.11. The Balaban J connectivity index is 1.37. The quantitative estimate of drug-likeness (QED) is 0.242. The fourth-order valence-electron chi connectivity index (χ4n) is 9.56. The zero-order valence-electron chi connectivity index (χ0n) is 23.2. The van der Waals surface area contributed by atoms with Crippen LogP contribution in [-0.2, 0) is 8.85 Å². The molecule has 5 fully saturated rings. The lowest BCUT2D eigenvalue weighted by atomic mass is 9.77. The van der Waals surface area contributed by atoms with E-state index >= 15 is 0 Å². The number of hydrogen-bond acceptors (Lipinski definition) is 2. The second-order valence-corrected chi connectivity index (χ2v) is 23.3. The first-order valence-electron chi connectivity index (χ1n) is 15.7. The van der Waals surface area contributed by atoms with Crippen molar-refractivity contribution in [1.29, 1.82) is 0 Å². The Morgan fingerprint density at radius 3 is 1.68 bits per heavy atom. The van der Waals surface area contributed by atoms with E-state index in [1.165, 1.54) is 122 Å². The Kier molecular flexibility index (Phi) is 8.11. The zero-order chi connectivity index (χ0) is 23.8. The summed E-state index contributed by atoms with van der Waals surface area (Å²) < 4.78 is 14.2. The van der Waals surface area contributed by atoms with E-state index in [0.717, 1.165) is 28.5 Å². The lowest BCUT2D eigenvalue weighted by Crippen LogP contribution is -2.59. The molecule has 4 aliphatic carbocycles. The summed E-state index contributed by atoms with van der Waals surface area (Å²) in [6, 6.07) is 1.39. The first-order valence-corrected chi connectivity index (χ1v) is 21.0. The molecule has 5 aliphatic rings. The topological polar surface area (TPSA) is 21.8 Å². The van der Waals surface area contributed by atoms with Gasteiger partial charge in [-0.2, -0.15) is 0 Å². The molecule has 0 bridgehead atoms. The van der Waals surface area contributed by atoms with E-state index in [4.69, 9.17) is 8.85 Å². The number of rotatable bonds is 8. The average molecular weight is 505 g/mol. The van der Waals surface area contributed by atoms with Gasteiger partial charge >= 0.3 is 0 Å². The Bertz CT molecular complexity index is 617.